The Labute approximate surface area is 141 Å². The van der Waals surface area contributed by atoms with Gasteiger partial charge in [-0.05, 0) is 55.4 Å². The zero-order valence-electron chi connectivity index (χ0n) is 13.2. The molecule has 1 aromatic heterocycles. The Morgan fingerprint density at radius 3 is 2.78 bits per heavy atom. The molecule has 118 valence electrons. The minimum absolute atomic E-state index is 0.167. The molecule has 4 heteroatoms. The summed E-state index contributed by atoms with van der Waals surface area (Å²) in [5, 5.41) is 11.4. The fourth-order valence-electron chi connectivity index (χ4n) is 2.79. The lowest BCUT2D eigenvalue weighted by atomic mass is 10.0. The molecule has 1 atom stereocenters. The standard InChI is InChI=1S/C19H19ClN2O/c1-13(14-5-3-7-18(23)11-14)22(2)12-16-10-17(20)9-15-6-4-8-21-19(15)16/h3-11,13,23H,12H2,1-2H3. The average Bonchev–Trinajstić information content (AvgIpc) is 2.54. The van der Waals surface area contributed by atoms with Crippen molar-refractivity contribution in [1.82, 2.24) is 9.88 Å². The van der Waals surface area contributed by atoms with E-state index in [1.165, 1.54) is 0 Å². The lowest BCUT2D eigenvalue weighted by molar-refractivity contribution is 0.253. The van der Waals surface area contributed by atoms with Gasteiger partial charge in [0.25, 0.3) is 0 Å². The molecule has 0 saturated heterocycles. The molecule has 3 rings (SSSR count). The van der Waals surface area contributed by atoms with Crippen LogP contribution >= 0.6 is 11.6 Å². The van der Waals surface area contributed by atoms with Crippen LogP contribution in [-0.2, 0) is 6.54 Å². The van der Waals surface area contributed by atoms with Crippen LogP contribution in [-0.4, -0.2) is 22.0 Å². The molecule has 0 radical (unpaired) electrons. The fourth-order valence-corrected chi connectivity index (χ4v) is 3.04. The molecule has 0 aliphatic heterocycles. The van der Waals surface area contributed by atoms with Crippen LogP contribution in [0.3, 0.4) is 0 Å². The Hall–Kier alpha value is -2.10. The van der Waals surface area contributed by atoms with E-state index in [4.69, 9.17) is 11.6 Å². The molecule has 23 heavy (non-hydrogen) atoms. The number of hydrogen-bond acceptors (Lipinski definition) is 3. The number of aromatic nitrogens is 1. The van der Waals surface area contributed by atoms with Gasteiger partial charge in [-0.1, -0.05) is 29.8 Å². The maximum atomic E-state index is 9.67. The molecule has 1 N–H and O–H groups in total. The van der Waals surface area contributed by atoms with Crippen molar-refractivity contribution in [2.24, 2.45) is 0 Å². The van der Waals surface area contributed by atoms with Crippen molar-refractivity contribution in [3.8, 4) is 5.75 Å². The van der Waals surface area contributed by atoms with Gasteiger partial charge in [-0.2, -0.15) is 0 Å². The third-order valence-electron chi connectivity index (χ3n) is 4.18. The lowest BCUT2D eigenvalue weighted by Gasteiger charge is -2.25. The number of nitrogens with zero attached hydrogens (tertiary/aromatic N) is 2. The van der Waals surface area contributed by atoms with Gasteiger partial charge in [-0.15, -0.1) is 0 Å². The van der Waals surface area contributed by atoms with E-state index >= 15 is 0 Å². The third-order valence-corrected chi connectivity index (χ3v) is 4.40. The van der Waals surface area contributed by atoms with Gasteiger partial charge in [0.05, 0.1) is 5.52 Å². The van der Waals surface area contributed by atoms with Crippen molar-refractivity contribution >= 4 is 22.5 Å². The summed E-state index contributed by atoms with van der Waals surface area (Å²) in [6.07, 6.45) is 1.80. The Morgan fingerprint density at radius 1 is 1.17 bits per heavy atom. The first kappa shape index (κ1) is 15.8. The first-order chi connectivity index (χ1) is 11.0. The highest BCUT2D eigenvalue weighted by atomic mass is 35.5. The van der Waals surface area contributed by atoms with Crippen molar-refractivity contribution in [3.63, 3.8) is 0 Å². The monoisotopic (exact) mass is 326 g/mol. The Kier molecular flexibility index (Phi) is 4.51. The van der Waals surface area contributed by atoms with Gasteiger partial charge >= 0.3 is 0 Å². The first-order valence-electron chi connectivity index (χ1n) is 7.57. The van der Waals surface area contributed by atoms with E-state index in [-0.39, 0.29) is 11.8 Å². The number of phenolic OH excluding ortho intramolecular Hbond substituents is 1. The number of fused-ring (bicyclic) bond motifs is 1. The van der Waals surface area contributed by atoms with Gasteiger partial charge in [0.15, 0.2) is 0 Å². The van der Waals surface area contributed by atoms with Gasteiger partial charge in [0.2, 0.25) is 0 Å². The summed E-state index contributed by atoms with van der Waals surface area (Å²) in [6, 6.07) is 15.4. The van der Waals surface area contributed by atoms with Crippen molar-refractivity contribution < 1.29 is 5.11 Å². The van der Waals surface area contributed by atoms with Gasteiger partial charge < -0.3 is 5.11 Å². The van der Waals surface area contributed by atoms with E-state index in [0.717, 1.165) is 33.6 Å². The van der Waals surface area contributed by atoms with Crippen LogP contribution in [0.5, 0.6) is 5.75 Å². The largest absolute Gasteiger partial charge is 0.508 e. The summed E-state index contributed by atoms with van der Waals surface area (Å²) in [4.78, 5) is 6.71. The molecule has 2 aromatic carbocycles. The first-order valence-corrected chi connectivity index (χ1v) is 7.94. The van der Waals surface area contributed by atoms with Crippen LogP contribution in [0.25, 0.3) is 10.9 Å². The predicted molar refractivity (Wildman–Crippen MR) is 94.7 cm³/mol. The predicted octanol–water partition coefficient (Wildman–Crippen LogP) is 4.79. The zero-order chi connectivity index (χ0) is 16.4. The molecule has 1 heterocycles. The summed E-state index contributed by atoms with van der Waals surface area (Å²) in [5.41, 5.74) is 3.15. The molecule has 0 fully saturated rings. The number of phenols is 1. The van der Waals surface area contributed by atoms with Crippen LogP contribution < -0.4 is 0 Å². The number of rotatable bonds is 4. The zero-order valence-corrected chi connectivity index (χ0v) is 14.0. The van der Waals surface area contributed by atoms with Crippen molar-refractivity contribution in [2.45, 2.75) is 19.5 Å². The highest BCUT2D eigenvalue weighted by Crippen LogP contribution is 2.27. The molecule has 1 unspecified atom stereocenters. The molecular formula is C19H19ClN2O. The van der Waals surface area contributed by atoms with E-state index in [9.17, 15) is 5.11 Å². The van der Waals surface area contributed by atoms with Crippen LogP contribution in [0.2, 0.25) is 5.02 Å². The average molecular weight is 327 g/mol. The lowest BCUT2D eigenvalue weighted by Crippen LogP contribution is -2.22. The summed E-state index contributed by atoms with van der Waals surface area (Å²) in [7, 11) is 2.06. The van der Waals surface area contributed by atoms with Crippen molar-refractivity contribution in [3.05, 3.63) is 70.9 Å². The maximum Gasteiger partial charge on any atom is 0.115 e. The quantitative estimate of drug-likeness (QED) is 0.749. The number of halogens is 1. The molecule has 0 aliphatic rings. The van der Waals surface area contributed by atoms with E-state index < -0.39 is 0 Å². The van der Waals surface area contributed by atoms with Crippen LogP contribution in [0.1, 0.15) is 24.1 Å². The summed E-state index contributed by atoms with van der Waals surface area (Å²) in [6.45, 7) is 2.85. The minimum Gasteiger partial charge on any atom is -0.508 e. The smallest absolute Gasteiger partial charge is 0.115 e. The SMILES string of the molecule is CC(c1cccc(O)c1)N(C)Cc1cc(Cl)cc2cccnc12. The Balaban J connectivity index is 1.89. The van der Waals surface area contributed by atoms with Crippen molar-refractivity contribution in [1.29, 1.82) is 0 Å². The number of pyridine rings is 1. The van der Waals surface area contributed by atoms with Crippen molar-refractivity contribution in [2.75, 3.05) is 7.05 Å². The topological polar surface area (TPSA) is 36.4 Å². The number of aromatic hydroxyl groups is 1. The maximum absolute atomic E-state index is 9.67. The number of hydrogen-bond donors (Lipinski definition) is 1. The highest BCUT2D eigenvalue weighted by molar-refractivity contribution is 6.31. The van der Waals surface area contributed by atoms with E-state index in [2.05, 4.69) is 23.9 Å². The molecule has 3 aromatic rings. The molecular weight excluding hydrogens is 308 g/mol. The summed E-state index contributed by atoms with van der Waals surface area (Å²) < 4.78 is 0. The number of benzene rings is 2. The van der Waals surface area contributed by atoms with Crippen LogP contribution in [0.4, 0.5) is 0 Å². The molecule has 0 saturated carbocycles. The third kappa shape index (κ3) is 3.46. The van der Waals surface area contributed by atoms with Gasteiger partial charge in [0, 0.05) is 29.2 Å². The highest BCUT2D eigenvalue weighted by Gasteiger charge is 2.14. The molecule has 0 spiro atoms. The summed E-state index contributed by atoms with van der Waals surface area (Å²) >= 11 is 6.25. The molecule has 0 bridgehead atoms. The second-order valence-electron chi connectivity index (χ2n) is 5.83. The van der Waals surface area contributed by atoms with E-state index in [1.807, 2.05) is 36.4 Å². The fraction of sp³-hybridized carbons (Fsp3) is 0.211. The Morgan fingerprint density at radius 2 is 2.00 bits per heavy atom. The van der Waals surface area contributed by atoms with Gasteiger partial charge in [0.1, 0.15) is 5.75 Å². The summed E-state index contributed by atoms with van der Waals surface area (Å²) in [5.74, 6) is 0.289. The van der Waals surface area contributed by atoms with Gasteiger partial charge in [-0.25, -0.2) is 0 Å². The van der Waals surface area contributed by atoms with Crippen LogP contribution in [0.15, 0.2) is 54.7 Å². The molecule has 0 amide bonds. The van der Waals surface area contributed by atoms with Crippen LogP contribution in [0, 0.1) is 0 Å². The Bertz CT molecular complexity index is 834. The second kappa shape index (κ2) is 6.57. The van der Waals surface area contributed by atoms with E-state index in [0.29, 0.717) is 0 Å². The molecule has 3 nitrogen and oxygen atoms in total. The molecule has 0 aliphatic carbocycles. The van der Waals surface area contributed by atoms with Gasteiger partial charge in [-0.3, -0.25) is 9.88 Å². The second-order valence-corrected chi connectivity index (χ2v) is 6.26. The van der Waals surface area contributed by atoms with E-state index in [1.54, 1.807) is 18.3 Å². The minimum atomic E-state index is 0.167. The normalized spacial score (nSPS) is 12.7.